The van der Waals surface area contributed by atoms with Crippen molar-refractivity contribution >= 4 is 36.7 Å². The van der Waals surface area contributed by atoms with Crippen LogP contribution in [0, 0.1) is 4.91 Å². The Hall–Kier alpha value is -1.76. The SMILES string of the molecule is O=Nc1c(S(=O)(=O)O)cc2cc(S(=O)(=O)O)cc(O)c2c1O.[Cu+2]. The molecule has 0 heterocycles. The van der Waals surface area contributed by atoms with Crippen LogP contribution < -0.4 is 0 Å². The Balaban J connectivity index is 0.00000264. The van der Waals surface area contributed by atoms with Gasteiger partial charge in [-0.3, -0.25) is 9.11 Å². The van der Waals surface area contributed by atoms with Crippen LogP contribution >= 0.6 is 0 Å². The largest absolute Gasteiger partial charge is 2.00 e. The van der Waals surface area contributed by atoms with E-state index in [0.29, 0.717) is 12.1 Å². The van der Waals surface area contributed by atoms with Gasteiger partial charge in [-0.1, -0.05) is 0 Å². The molecule has 0 unspecified atom stereocenters. The van der Waals surface area contributed by atoms with Gasteiger partial charge in [-0.05, 0) is 22.7 Å². The van der Waals surface area contributed by atoms with Gasteiger partial charge < -0.3 is 10.2 Å². The number of rotatable bonds is 3. The minimum atomic E-state index is -4.97. The maximum Gasteiger partial charge on any atom is 2.00 e. The van der Waals surface area contributed by atoms with E-state index in [9.17, 15) is 32.0 Å². The van der Waals surface area contributed by atoms with E-state index >= 15 is 0 Å². The first-order valence-electron chi connectivity index (χ1n) is 5.28. The molecular weight excluding hydrogens is 406 g/mol. The maximum absolute atomic E-state index is 11.2. The first-order valence-corrected chi connectivity index (χ1v) is 8.16. The molecule has 0 aromatic heterocycles. The fourth-order valence-corrected chi connectivity index (χ4v) is 3.06. The van der Waals surface area contributed by atoms with E-state index in [0.717, 1.165) is 6.07 Å². The number of fused-ring (bicyclic) bond motifs is 1. The van der Waals surface area contributed by atoms with E-state index in [4.69, 9.17) is 9.11 Å². The molecule has 2 aromatic rings. The Morgan fingerprint density at radius 2 is 1.48 bits per heavy atom. The number of benzene rings is 2. The second-order valence-corrected chi connectivity index (χ2v) is 6.97. The summed E-state index contributed by atoms with van der Waals surface area (Å²) in [6.45, 7) is 0. The molecule has 0 amide bonds. The van der Waals surface area contributed by atoms with Crippen LogP contribution in [-0.4, -0.2) is 36.2 Å². The summed E-state index contributed by atoms with van der Waals surface area (Å²) in [4.78, 5) is 8.80. The number of nitroso groups, excluding NO2 is 1. The molecule has 2 rings (SSSR count). The van der Waals surface area contributed by atoms with Gasteiger partial charge in [0.1, 0.15) is 10.6 Å². The Bertz CT molecular complexity index is 1010. The van der Waals surface area contributed by atoms with Crippen LogP contribution in [0.25, 0.3) is 10.8 Å². The summed E-state index contributed by atoms with van der Waals surface area (Å²) in [5.41, 5.74) is -1.05. The minimum absolute atomic E-state index is 0. The van der Waals surface area contributed by atoms with Crippen molar-refractivity contribution in [3.8, 4) is 11.5 Å². The summed E-state index contributed by atoms with van der Waals surface area (Å²) in [6, 6.07) is 1.93. The van der Waals surface area contributed by atoms with Crippen LogP contribution in [0.5, 0.6) is 11.5 Å². The van der Waals surface area contributed by atoms with Gasteiger partial charge in [0.05, 0.1) is 10.3 Å². The zero-order valence-electron chi connectivity index (χ0n) is 10.6. The van der Waals surface area contributed by atoms with Crippen molar-refractivity contribution in [2.75, 3.05) is 0 Å². The monoisotopic (exact) mass is 412 g/mol. The molecule has 0 saturated heterocycles. The van der Waals surface area contributed by atoms with Crippen LogP contribution in [0.3, 0.4) is 0 Å². The molecule has 0 aliphatic heterocycles. The number of hydrogen-bond acceptors (Lipinski definition) is 8. The normalized spacial score (nSPS) is 11.9. The molecule has 0 aliphatic rings. The molecular formula is C10H7CuNO9S2+2. The molecule has 0 fully saturated rings. The van der Waals surface area contributed by atoms with Gasteiger partial charge in [0.2, 0.25) is 0 Å². The topological polar surface area (TPSA) is 179 Å². The fourth-order valence-electron chi connectivity index (χ4n) is 1.87. The second-order valence-electron chi connectivity index (χ2n) is 4.15. The Labute approximate surface area is 139 Å². The van der Waals surface area contributed by atoms with Crippen LogP contribution in [0.2, 0.25) is 0 Å². The standard InChI is InChI=1S/C10H7NO9S2.Cu/c12-6-3-5(21(15,16)17)1-4-2-7(22(18,19)20)9(11-14)10(13)8(4)6;/h1-3,12-13H,(H,15,16,17)(H,18,19,20);/q;+2. The Morgan fingerprint density at radius 1 is 0.913 bits per heavy atom. The summed E-state index contributed by atoms with van der Waals surface area (Å²) in [5, 5.41) is 21.0. The molecule has 10 nitrogen and oxygen atoms in total. The van der Waals surface area contributed by atoms with Crippen molar-refractivity contribution in [1.82, 2.24) is 0 Å². The van der Waals surface area contributed by atoms with E-state index in [1.54, 1.807) is 0 Å². The number of nitrogens with zero attached hydrogens (tertiary/aromatic N) is 1. The smallest absolute Gasteiger partial charge is 0.507 e. The molecule has 0 bridgehead atoms. The molecule has 1 radical (unpaired) electrons. The van der Waals surface area contributed by atoms with Gasteiger partial charge in [0, 0.05) is 6.07 Å². The number of aromatic hydroxyl groups is 2. The van der Waals surface area contributed by atoms with Crippen molar-refractivity contribution in [1.29, 1.82) is 0 Å². The first kappa shape index (κ1) is 19.3. The molecule has 4 N–H and O–H groups in total. The molecule has 23 heavy (non-hydrogen) atoms. The van der Waals surface area contributed by atoms with Crippen molar-refractivity contribution < 1.29 is 53.2 Å². The van der Waals surface area contributed by atoms with Crippen molar-refractivity contribution in [3.05, 3.63) is 23.1 Å². The summed E-state index contributed by atoms with van der Waals surface area (Å²) in [5.74, 6) is -1.92. The molecule has 0 spiro atoms. The molecule has 2 aromatic carbocycles. The molecule has 127 valence electrons. The summed E-state index contributed by atoms with van der Waals surface area (Å²) >= 11 is 0. The number of hydrogen-bond donors (Lipinski definition) is 4. The average molecular weight is 413 g/mol. The van der Waals surface area contributed by atoms with Gasteiger partial charge in [-0.2, -0.15) is 16.8 Å². The van der Waals surface area contributed by atoms with Crippen LogP contribution in [-0.2, 0) is 37.3 Å². The number of phenols is 2. The summed E-state index contributed by atoms with van der Waals surface area (Å²) < 4.78 is 62.5. The molecule has 13 heteroatoms. The Kier molecular flexibility index (Phi) is 5.06. The van der Waals surface area contributed by atoms with Crippen LogP contribution in [0.1, 0.15) is 0 Å². The predicted octanol–water partition coefficient (Wildman–Crippen LogP) is 1.14. The second kappa shape index (κ2) is 6.03. The van der Waals surface area contributed by atoms with Gasteiger partial charge in [-0.25, -0.2) is 0 Å². The predicted molar refractivity (Wildman–Crippen MR) is 72.4 cm³/mol. The zero-order valence-corrected chi connectivity index (χ0v) is 13.2. The van der Waals surface area contributed by atoms with Gasteiger partial charge in [0.25, 0.3) is 20.2 Å². The van der Waals surface area contributed by atoms with E-state index in [2.05, 4.69) is 5.18 Å². The van der Waals surface area contributed by atoms with Gasteiger partial charge >= 0.3 is 17.1 Å². The van der Waals surface area contributed by atoms with E-state index < -0.39 is 52.6 Å². The third-order valence-electron chi connectivity index (χ3n) is 2.77. The van der Waals surface area contributed by atoms with Crippen molar-refractivity contribution in [2.45, 2.75) is 9.79 Å². The molecule has 0 aliphatic carbocycles. The summed E-state index contributed by atoms with van der Waals surface area (Å²) in [6.07, 6.45) is 0. The average Bonchev–Trinajstić information content (AvgIpc) is 2.35. The number of phenolic OH excluding ortho intramolecular Hbond substituents is 2. The first-order chi connectivity index (χ1) is 9.96. The Morgan fingerprint density at radius 3 is 1.91 bits per heavy atom. The van der Waals surface area contributed by atoms with E-state index in [1.807, 2.05) is 0 Å². The molecule has 0 saturated carbocycles. The van der Waals surface area contributed by atoms with E-state index in [1.165, 1.54) is 0 Å². The van der Waals surface area contributed by atoms with Crippen molar-refractivity contribution in [3.63, 3.8) is 0 Å². The van der Waals surface area contributed by atoms with Gasteiger partial charge in [0.15, 0.2) is 11.4 Å². The third-order valence-corrected chi connectivity index (χ3v) is 4.47. The minimum Gasteiger partial charge on any atom is -0.507 e. The van der Waals surface area contributed by atoms with Crippen molar-refractivity contribution in [2.24, 2.45) is 5.18 Å². The van der Waals surface area contributed by atoms with Crippen LogP contribution in [0.15, 0.2) is 33.2 Å². The zero-order chi connectivity index (χ0) is 16.9. The maximum atomic E-state index is 11.2. The quantitative estimate of drug-likeness (QED) is 0.326. The summed E-state index contributed by atoms with van der Waals surface area (Å²) in [7, 11) is -9.70. The fraction of sp³-hybridized carbons (Fsp3) is 0. The van der Waals surface area contributed by atoms with E-state index in [-0.39, 0.29) is 22.5 Å². The van der Waals surface area contributed by atoms with Gasteiger partial charge in [-0.15, -0.1) is 4.91 Å². The van der Waals surface area contributed by atoms with Crippen LogP contribution in [0.4, 0.5) is 5.69 Å². The molecule has 0 atom stereocenters. The third kappa shape index (κ3) is 3.44.